The maximum atomic E-state index is 13.3. The first-order valence-electron chi connectivity index (χ1n) is 8.37. The predicted octanol–water partition coefficient (Wildman–Crippen LogP) is 4.31. The third-order valence-corrected chi connectivity index (χ3v) is 4.50. The monoisotopic (exact) mass is 373 g/mol. The predicted molar refractivity (Wildman–Crippen MR) is 104 cm³/mol. The van der Waals surface area contributed by atoms with E-state index in [1.54, 1.807) is 18.2 Å². The van der Waals surface area contributed by atoms with E-state index in [0.717, 1.165) is 28.6 Å². The van der Waals surface area contributed by atoms with Gasteiger partial charge in [-0.25, -0.2) is 4.39 Å². The molecule has 136 valence electrons. The highest BCUT2D eigenvalue weighted by Crippen LogP contribution is 2.31. The SMILES string of the molecule is CC(CN(C)C)NC(=O)c1ccc(-c2c[nH]c3cc(F)ccc23)cc1Cl. The van der Waals surface area contributed by atoms with Gasteiger partial charge in [0.2, 0.25) is 0 Å². The van der Waals surface area contributed by atoms with Gasteiger partial charge in [-0.2, -0.15) is 0 Å². The molecule has 4 nitrogen and oxygen atoms in total. The number of nitrogens with zero attached hydrogens (tertiary/aromatic N) is 1. The molecule has 1 heterocycles. The van der Waals surface area contributed by atoms with Crippen LogP contribution in [0.2, 0.25) is 5.02 Å². The van der Waals surface area contributed by atoms with Crippen LogP contribution in [0.15, 0.2) is 42.6 Å². The zero-order valence-corrected chi connectivity index (χ0v) is 15.7. The lowest BCUT2D eigenvalue weighted by atomic mass is 10.0. The van der Waals surface area contributed by atoms with Crippen LogP contribution in [0, 0.1) is 5.82 Å². The Kier molecular flexibility index (Phi) is 5.30. The van der Waals surface area contributed by atoms with Crippen molar-refractivity contribution in [3.63, 3.8) is 0 Å². The van der Waals surface area contributed by atoms with Gasteiger partial charge in [0.1, 0.15) is 5.82 Å². The van der Waals surface area contributed by atoms with Gasteiger partial charge >= 0.3 is 0 Å². The van der Waals surface area contributed by atoms with E-state index in [-0.39, 0.29) is 17.8 Å². The second-order valence-corrected chi connectivity index (χ2v) is 7.13. The molecule has 0 saturated carbocycles. The number of likely N-dealkylation sites (N-methyl/N-ethyl adjacent to an activating group) is 1. The van der Waals surface area contributed by atoms with Crippen molar-refractivity contribution in [3.8, 4) is 11.1 Å². The van der Waals surface area contributed by atoms with Gasteiger partial charge in [-0.15, -0.1) is 0 Å². The Morgan fingerprint density at radius 1 is 1.27 bits per heavy atom. The molecule has 26 heavy (non-hydrogen) atoms. The Balaban J connectivity index is 1.86. The molecule has 1 amide bonds. The lowest BCUT2D eigenvalue weighted by Gasteiger charge is -2.18. The Morgan fingerprint density at radius 3 is 2.73 bits per heavy atom. The summed E-state index contributed by atoms with van der Waals surface area (Å²) in [6.45, 7) is 2.69. The summed E-state index contributed by atoms with van der Waals surface area (Å²) in [5.41, 5.74) is 2.93. The summed E-state index contributed by atoms with van der Waals surface area (Å²) in [6.07, 6.45) is 1.81. The number of carbonyl (C=O) groups excluding carboxylic acids is 1. The molecule has 1 unspecified atom stereocenters. The van der Waals surface area contributed by atoms with Crippen molar-refractivity contribution in [1.29, 1.82) is 0 Å². The Labute approximate surface area is 157 Å². The summed E-state index contributed by atoms with van der Waals surface area (Å²) in [5, 5.41) is 4.23. The smallest absolute Gasteiger partial charge is 0.253 e. The molecule has 0 aliphatic rings. The fourth-order valence-electron chi connectivity index (χ4n) is 3.10. The van der Waals surface area contributed by atoms with Crippen LogP contribution in [0.5, 0.6) is 0 Å². The van der Waals surface area contributed by atoms with E-state index >= 15 is 0 Å². The third kappa shape index (κ3) is 3.89. The van der Waals surface area contributed by atoms with Gasteiger partial charge < -0.3 is 15.2 Å². The molecule has 2 N–H and O–H groups in total. The number of halogens is 2. The summed E-state index contributed by atoms with van der Waals surface area (Å²) in [4.78, 5) is 17.5. The molecule has 0 bridgehead atoms. The molecular weight excluding hydrogens is 353 g/mol. The van der Waals surface area contributed by atoms with E-state index in [4.69, 9.17) is 11.6 Å². The molecule has 0 aliphatic heterocycles. The van der Waals surface area contributed by atoms with Gasteiger partial charge in [-0.3, -0.25) is 4.79 Å². The Hall–Kier alpha value is -2.37. The van der Waals surface area contributed by atoms with Crippen molar-refractivity contribution in [2.24, 2.45) is 0 Å². The van der Waals surface area contributed by atoms with E-state index in [1.807, 2.05) is 38.2 Å². The number of aromatic amines is 1. The molecule has 6 heteroatoms. The molecule has 3 rings (SSSR count). The highest BCUT2D eigenvalue weighted by Gasteiger charge is 2.15. The number of benzene rings is 2. The molecule has 1 atom stereocenters. The lowest BCUT2D eigenvalue weighted by Crippen LogP contribution is -2.39. The molecule has 1 aromatic heterocycles. The maximum absolute atomic E-state index is 13.3. The first-order chi connectivity index (χ1) is 12.3. The van der Waals surface area contributed by atoms with Crippen molar-refractivity contribution < 1.29 is 9.18 Å². The average molecular weight is 374 g/mol. The number of fused-ring (bicyclic) bond motifs is 1. The Bertz CT molecular complexity index is 951. The van der Waals surface area contributed by atoms with Crippen LogP contribution in [0.4, 0.5) is 4.39 Å². The number of nitrogens with one attached hydrogen (secondary N) is 2. The normalized spacial score (nSPS) is 12.5. The van der Waals surface area contributed by atoms with Gasteiger partial charge in [0, 0.05) is 35.2 Å². The summed E-state index contributed by atoms with van der Waals surface area (Å²) < 4.78 is 13.3. The van der Waals surface area contributed by atoms with Crippen LogP contribution in [-0.4, -0.2) is 42.5 Å². The van der Waals surface area contributed by atoms with E-state index in [9.17, 15) is 9.18 Å². The van der Waals surface area contributed by atoms with Gasteiger partial charge in [0.15, 0.2) is 0 Å². The standard InChI is InChI=1S/C20H21ClFN3O/c1-12(11-25(2)3)24-20(26)16-6-4-13(8-18(16)21)17-10-23-19-9-14(22)5-7-15(17)19/h4-10,12,23H,11H2,1-3H3,(H,24,26). The van der Waals surface area contributed by atoms with Crippen molar-refractivity contribution in [2.75, 3.05) is 20.6 Å². The topological polar surface area (TPSA) is 48.1 Å². The fourth-order valence-corrected chi connectivity index (χ4v) is 3.37. The van der Waals surface area contributed by atoms with Crippen LogP contribution in [0.25, 0.3) is 22.0 Å². The van der Waals surface area contributed by atoms with E-state index in [1.165, 1.54) is 12.1 Å². The Morgan fingerprint density at radius 2 is 2.04 bits per heavy atom. The van der Waals surface area contributed by atoms with E-state index in [2.05, 4.69) is 10.3 Å². The van der Waals surface area contributed by atoms with Crippen molar-refractivity contribution >= 4 is 28.4 Å². The first kappa shape index (κ1) is 18.4. The highest BCUT2D eigenvalue weighted by molar-refractivity contribution is 6.34. The maximum Gasteiger partial charge on any atom is 0.253 e. The lowest BCUT2D eigenvalue weighted by molar-refractivity contribution is 0.0934. The summed E-state index contributed by atoms with van der Waals surface area (Å²) >= 11 is 6.37. The number of H-pyrrole nitrogens is 1. The third-order valence-electron chi connectivity index (χ3n) is 4.19. The summed E-state index contributed by atoms with van der Waals surface area (Å²) in [7, 11) is 3.91. The molecule has 2 aromatic carbocycles. The van der Waals surface area contributed by atoms with Crippen molar-refractivity contribution in [3.05, 3.63) is 59.0 Å². The second kappa shape index (κ2) is 7.48. The van der Waals surface area contributed by atoms with Gasteiger partial charge in [0.05, 0.1) is 10.6 Å². The van der Waals surface area contributed by atoms with Crippen molar-refractivity contribution in [2.45, 2.75) is 13.0 Å². The summed E-state index contributed by atoms with van der Waals surface area (Å²) in [5.74, 6) is -0.486. The van der Waals surface area contributed by atoms with Crippen LogP contribution >= 0.6 is 11.6 Å². The fraction of sp³-hybridized carbons (Fsp3) is 0.250. The molecule has 0 aliphatic carbocycles. The first-order valence-corrected chi connectivity index (χ1v) is 8.75. The molecular formula is C20H21ClFN3O. The second-order valence-electron chi connectivity index (χ2n) is 6.72. The van der Waals surface area contributed by atoms with Gasteiger partial charge in [0.25, 0.3) is 5.91 Å². The van der Waals surface area contributed by atoms with Gasteiger partial charge in [-0.05, 0) is 56.9 Å². The minimum Gasteiger partial charge on any atom is -0.360 e. The van der Waals surface area contributed by atoms with E-state index in [0.29, 0.717) is 10.6 Å². The minimum absolute atomic E-state index is 0.0109. The number of amides is 1. The number of hydrogen-bond donors (Lipinski definition) is 2. The molecule has 0 radical (unpaired) electrons. The summed E-state index contributed by atoms with van der Waals surface area (Å²) in [6, 6.07) is 9.95. The quantitative estimate of drug-likeness (QED) is 0.700. The van der Waals surface area contributed by atoms with Crippen molar-refractivity contribution in [1.82, 2.24) is 15.2 Å². The molecule has 0 fully saturated rings. The zero-order chi connectivity index (χ0) is 18.8. The highest BCUT2D eigenvalue weighted by atomic mass is 35.5. The molecule has 0 spiro atoms. The largest absolute Gasteiger partial charge is 0.360 e. The van der Waals surface area contributed by atoms with Gasteiger partial charge in [-0.1, -0.05) is 17.7 Å². The minimum atomic E-state index is -0.289. The number of rotatable bonds is 5. The molecule has 0 saturated heterocycles. The van der Waals surface area contributed by atoms with E-state index < -0.39 is 0 Å². The van der Waals surface area contributed by atoms with Crippen LogP contribution < -0.4 is 5.32 Å². The van der Waals surface area contributed by atoms with Crippen LogP contribution in [0.1, 0.15) is 17.3 Å². The number of hydrogen-bond acceptors (Lipinski definition) is 2. The molecule has 3 aromatic rings. The number of aromatic nitrogens is 1. The zero-order valence-electron chi connectivity index (χ0n) is 14.9. The number of carbonyl (C=O) groups is 1. The average Bonchev–Trinajstić information content (AvgIpc) is 2.96. The van der Waals surface area contributed by atoms with Crippen LogP contribution in [0.3, 0.4) is 0 Å². The van der Waals surface area contributed by atoms with Crippen LogP contribution in [-0.2, 0) is 0 Å².